The standard InChI is InChI=1S/C6H10NS/c1-2-4-7-5-3-6-8-7/h2,6H,1,3-5H2. The third-order valence-electron chi connectivity index (χ3n) is 1.05. The molecule has 0 amide bonds. The lowest BCUT2D eigenvalue weighted by Crippen LogP contribution is -2.09. The van der Waals surface area contributed by atoms with E-state index >= 15 is 0 Å². The summed E-state index contributed by atoms with van der Waals surface area (Å²) in [6.45, 7) is 5.86. The first-order valence-electron chi connectivity index (χ1n) is 2.78. The Bertz CT molecular complexity index is 76.6. The van der Waals surface area contributed by atoms with Gasteiger partial charge < -0.3 is 0 Å². The van der Waals surface area contributed by atoms with Gasteiger partial charge in [-0.15, -0.1) is 6.58 Å². The molecule has 0 aromatic heterocycles. The van der Waals surface area contributed by atoms with E-state index < -0.39 is 0 Å². The summed E-state index contributed by atoms with van der Waals surface area (Å²) in [5.74, 6) is 2.23. The van der Waals surface area contributed by atoms with E-state index in [1.54, 1.807) is 11.9 Å². The van der Waals surface area contributed by atoms with Crippen LogP contribution in [-0.4, -0.2) is 17.4 Å². The molecule has 45 valence electrons. The largest absolute Gasteiger partial charge is 0.247 e. The molecule has 0 aromatic rings. The maximum Gasteiger partial charge on any atom is 0.0339 e. The van der Waals surface area contributed by atoms with Gasteiger partial charge in [0.15, 0.2) is 0 Å². The Morgan fingerprint density at radius 3 is 3.25 bits per heavy atom. The number of hydrogen-bond donors (Lipinski definition) is 0. The molecule has 1 radical (unpaired) electrons. The van der Waals surface area contributed by atoms with Crippen LogP contribution in [-0.2, 0) is 0 Å². The first-order valence-corrected chi connectivity index (χ1v) is 3.61. The Kier molecular flexibility index (Phi) is 2.43. The van der Waals surface area contributed by atoms with E-state index in [0.29, 0.717) is 0 Å². The summed E-state index contributed by atoms with van der Waals surface area (Å²) in [6, 6.07) is 0. The fourth-order valence-electron chi connectivity index (χ4n) is 0.686. The number of rotatable bonds is 2. The van der Waals surface area contributed by atoms with Gasteiger partial charge in [0.25, 0.3) is 0 Å². The average molecular weight is 128 g/mol. The Hall–Kier alpha value is 0.0500. The van der Waals surface area contributed by atoms with Crippen molar-refractivity contribution < 1.29 is 0 Å². The first kappa shape index (κ1) is 6.17. The zero-order valence-electron chi connectivity index (χ0n) is 4.84. The molecule has 2 heteroatoms. The molecule has 0 spiro atoms. The molecule has 0 aliphatic carbocycles. The van der Waals surface area contributed by atoms with Crippen LogP contribution in [0.1, 0.15) is 6.42 Å². The van der Waals surface area contributed by atoms with Gasteiger partial charge in [-0.05, 0) is 6.42 Å². The fourth-order valence-corrected chi connectivity index (χ4v) is 1.51. The summed E-state index contributed by atoms with van der Waals surface area (Å²) in [4.78, 5) is 0. The minimum Gasteiger partial charge on any atom is -0.247 e. The predicted octanol–water partition coefficient (Wildman–Crippen LogP) is 1.69. The normalized spacial score (nSPS) is 21.5. The number of nitrogens with zero attached hydrogens (tertiary/aromatic N) is 1. The van der Waals surface area contributed by atoms with Gasteiger partial charge in [0.1, 0.15) is 0 Å². The van der Waals surface area contributed by atoms with E-state index in [2.05, 4.69) is 16.6 Å². The third-order valence-corrected chi connectivity index (χ3v) is 2.07. The zero-order chi connectivity index (χ0) is 5.82. The first-order chi connectivity index (χ1) is 3.93. The highest BCUT2D eigenvalue weighted by Crippen LogP contribution is 2.23. The molecule has 1 aliphatic rings. The number of hydrogen-bond acceptors (Lipinski definition) is 2. The van der Waals surface area contributed by atoms with Crippen LogP contribution < -0.4 is 0 Å². The summed E-state index contributed by atoms with van der Waals surface area (Å²) >= 11 is 1.80. The average Bonchev–Trinajstić information content (AvgIpc) is 2.19. The van der Waals surface area contributed by atoms with Gasteiger partial charge in [0.05, 0.1) is 0 Å². The quantitative estimate of drug-likeness (QED) is 0.411. The van der Waals surface area contributed by atoms with Crippen LogP contribution in [0.5, 0.6) is 0 Å². The van der Waals surface area contributed by atoms with Gasteiger partial charge in [-0.25, -0.2) is 4.31 Å². The van der Waals surface area contributed by atoms with Crippen molar-refractivity contribution in [3.05, 3.63) is 18.4 Å². The van der Waals surface area contributed by atoms with Crippen molar-refractivity contribution in [3.8, 4) is 0 Å². The summed E-state index contributed by atoms with van der Waals surface area (Å²) in [5.41, 5.74) is 0. The maximum atomic E-state index is 3.66. The monoisotopic (exact) mass is 128 g/mol. The van der Waals surface area contributed by atoms with Gasteiger partial charge in [-0.1, -0.05) is 18.0 Å². The molecule has 0 bridgehead atoms. The van der Waals surface area contributed by atoms with Gasteiger partial charge in [-0.2, -0.15) is 0 Å². The maximum absolute atomic E-state index is 3.66. The second-order valence-electron chi connectivity index (χ2n) is 1.74. The van der Waals surface area contributed by atoms with Gasteiger partial charge in [0.2, 0.25) is 0 Å². The SMILES string of the molecule is C=CCN1CC[CH]S1. The van der Waals surface area contributed by atoms with Crippen LogP contribution >= 0.6 is 11.9 Å². The Balaban J connectivity index is 2.14. The molecule has 0 unspecified atom stereocenters. The minimum absolute atomic E-state index is 1.02. The summed E-state index contributed by atoms with van der Waals surface area (Å²) in [7, 11) is 0. The molecule has 8 heavy (non-hydrogen) atoms. The van der Waals surface area contributed by atoms with E-state index in [9.17, 15) is 0 Å². The van der Waals surface area contributed by atoms with E-state index in [-0.39, 0.29) is 0 Å². The lowest BCUT2D eigenvalue weighted by molar-refractivity contribution is 0.551. The molecule has 1 fully saturated rings. The van der Waals surface area contributed by atoms with E-state index in [0.717, 1.165) is 6.54 Å². The van der Waals surface area contributed by atoms with Crippen LogP contribution in [0, 0.1) is 5.75 Å². The van der Waals surface area contributed by atoms with Crippen LogP contribution in [0.25, 0.3) is 0 Å². The van der Waals surface area contributed by atoms with Gasteiger partial charge in [-0.3, -0.25) is 0 Å². The summed E-state index contributed by atoms with van der Waals surface area (Å²) in [6.07, 6.45) is 3.16. The van der Waals surface area contributed by atoms with Crippen LogP contribution in [0.2, 0.25) is 0 Å². The second kappa shape index (κ2) is 3.15. The summed E-state index contributed by atoms with van der Waals surface area (Å²) < 4.78 is 2.28. The Morgan fingerprint density at radius 1 is 1.88 bits per heavy atom. The van der Waals surface area contributed by atoms with Gasteiger partial charge >= 0.3 is 0 Å². The van der Waals surface area contributed by atoms with Crippen molar-refractivity contribution in [3.63, 3.8) is 0 Å². The highest BCUT2D eigenvalue weighted by molar-refractivity contribution is 7.99. The second-order valence-corrected chi connectivity index (χ2v) is 2.80. The van der Waals surface area contributed by atoms with Crippen LogP contribution in [0.3, 0.4) is 0 Å². The molecule has 0 saturated carbocycles. The molecule has 0 atom stereocenters. The third kappa shape index (κ3) is 1.53. The van der Waals surface area contributed by atoms with Crippen molar-refractivity contribution in [2.75, 3.05) is 13.1 Å². The highest BCUT2D eigenvalue weighted by atomic mass is 32.2. The van der Waals surface area contributed by atoms with Crippen molar-refractivity contribution in [1.29, 1.82) is 0 Å². The van der Waals surface area contributed by atoms with Gasteiger partial charge in [0, 0.05) is 18.8 Å². The highest BCUT2D eigenvalue weighted by Gasteiger charge is 2.09. The molecule has 1 heterocycles. The van der Waals surface area contributed by atoms with Crippen LogP contribution in [0.15, 0.2) is 12.7 Å². The van der Waals surface area contributed by atoms with Crippen molar-refractivity contribution in [1.82, 2.24) is 4.31 Å². The van der Waals surface area contributed by atoms with Crippen LogP contribution in [0.4, 0.5) is 0 Å². The smallest absolute Gasteiger partial charge is 0.0339 e. The molecule has 0 N–H and O–H groups in total. The fraction of sp³-hybridized carbons (Fsp3) is 0.500. The van der Waals surface area contributed by atoms with E-state index in [1.165, 1.54) is 13.0 Å². The van der Waals surface area contributed by atoms with Crippen molar-refractivity contribution in [2.24, 2.45) is 0 Å². The lowest BCUT2D eigenvalue weighted by atomic mass is 10.5. The molecular weight excluding hydrogens is 118 g/mol. The Morgan fingerprint density at radius 2 is 2.75 bits per heavy atom. The molecule has 1 nitrogen and oxygen atoms in total. The molecule has 0 aromatic carbocycles. The zero-order valence-corrected chi connectivity index (χ0v) is 5.66. The molecule has 1 aliphatic heterocycles. The van der Waals surface area contributed by atoms with E-state index in [1.807, 2.05) is 6.08 Å². The molecular formula is C6H10NS. The molecule has 1 saturated heterocycles. The predicted molar refractivity (Wildman–Crippen MR) is 38.3 cm³/mol. The topological polar surface area (TPSA) is 3.24 Å². The summed E-state index contributed by atoms with van der Waals surface area (Å²) in [5, 5.41) is 0. The Labute approximate surface area is 54.9 Å². The minimum atomic E-state index is 1.02. The lowest BCUT2D eigenvalue weighted by Gasteiger charge is -2.07. The van der Waals surface area contributed by atoms with E-state index in [4.69, 9.17) is 0 Å². The van der Waals surface area contributed by atoms with Crippen molar-refractivity contribution in [2.45, 2.75) is 6.42 Å². The molecule has 1 rings (SSSR count). The van der Waals surface area contributed by atoms with Crippen molar-refractivity contribution >= 4 is 11.9 Å².